The standard InChI is InChI=1S/C29H22N6O4/c36-26-17-22(15-16-25(26)35-33-23-13-7-8-14-24(23)34-35)39-29-31-27(37-18-20-9-3-1-4-10-20)30-28(32-29)38-19-21-11-5-2-6-12-21/h1-17,36H,18-19H2. The third-order valence-corrected chi connectivity index (χ3v) is 5.65. The Morgan fingerprint density at radius 1 is 0.590 bits per heavy atom. The molecule has 6 aromatic rings. The molecule has 0 unspecified atom stereocenters. The topological polar surface area (TPSA) is 117 Å². The molecule has 0 bridgehead atoms. The van der Waals surface area contributed by atoms with Gasteiger partial charge in [-0.2, -0.15) is 0 Å². The maximum Gasteiger partial charge on any atom is 0.331 e. The van der Waals surface area contributed by atoms with Gasteiger partial charge in [-0.3, -0.25) is 0 Å². The van der Waals surface area contributed by atoms with Crippen LogP contribution >= 0.6 is 0 Å². The molecule has 6 rings (SSSR count). The fourth-order valence-electron chi connectivity index (χ4n) is 3.75. The Balaban J connectivity index is 1.24. The molecule has 2 aromatic heterocycles. The molecular formula is C29H22N6O4. The van der Waals surface area contributed by atoms with Crippen LogP contribution in [0.3, 0.4) is 0 Å². The van der Waals surface area contributed by atoms with E-state index < -0.39 is 0 Å². The van der Waals surface area contributed by atoms with Crippen LogP contribution in [0.5, 0.6) is 29.5 Å². The first-order valence-electron chi connectivity index (χ1n) is 12.1. The molecule has 0 spiro atoms. The van der Waals surface area contributed by atoms with Gasteiger partial charge in [0.2, 0.25) is 0 Å². The highest BCUT2D eigenvalue weighted by Gasteiger charge is 2.14. The van der Waals surface area contributed by atoms with Crippen LogP contribution in [0.25, 0.3) is 16.7 Å². The molecule has 1 N–H and O–H groups in total. The highest BCUT2D eigenvalue weighted by molar-refractivity contribution is 5.73. The number of phenolic OH excluding ortho intramolecular Hbond substituents is 1. The van der Waals surface area contributed by atoms with E-state index in [0.717, 1.165) is 11.1 Å². The Morgan fingerprint density at radius 2 is 1.10 bits per heavy atom. The Kier molecular flexibility index (Phi) is 6.64. The fourth-order valence-corrected chi connectivity index (χ4v) is 3.75. The normalized spacial score (nSPS) is 10.9. The van der Waals surface area contributed by atoms with Crippen LogP contribution in [0.15, 0.2) is 103 Å². The minimum atomic E-state index is -0.0806. The quantitative estimate of drug-likeness (QED) is 0.273. The van der Waals surface area contributed by atoms with Gasteiger partial charge in [-0.15, -0.1) is 29.9 Å². The second-order valence-electron chi connectivity index (χ2n) is 8.46. The summed E-state index contributed by atoms with van der Waals surface area (Å²) < 4.78 is 17.5. The molecule has 0 aliphatic heterocycles. The van der Waals surface area contributed by atoms with E-state index in [2.05, 4.69) is 25.1 Å². The molecule has 0 amide bonds. The lowest BCUT2D eigenvalue weighted by Gasteiger charge is -2.11. The van der Waals surface area contributed by atoms with Crippen molar-refractivity contribution in [2.45, 2.75) is 13.2 Å². The van der Waals surface area contributed by atoms with Gasteiger partial charge in [-0.1, -0.05) is 72.8 Å². The van der Waals surface area contributed by atoms with Crippen molar-refractivity contribution in [3.63, 3.8) is 0 Å². The SMILES string of the molecule is Oc1cc(Oc2nc(OCc3ccccc3)nc(OCc3ccccc3)n2)ccc1-n1nc2ccccc2n1. The van der Waals surface area contributed by atoms with E-state index in [1.807, 2.05) is 84.9 Å². The lowest BCUT2D eigenvalue weighted by Crippen LogP contribution is -2.06. The van der Waals surface area contributed by atoms with E-state index in [9.17, 15) is 5.11 Å². The molecule has 4 aromatic carbocycles. The van der Waals surface area contributed by atoms with Gasteiger partial charge in [0.25, 0.3) is 0 Å². The number of ether oxygens (including phenoxy) is 3. The highest BCUT2D eigenvalue weighted by atomic mass is 16.5. The minimum absolute atomic E-state index is 0.0418. The van der Waals surface area contributed by atoms with Crippen LogP contribution in [0, 0.1) is 0 Å². The van der Waals surface area contributed by atoms with Crippen molar-refractivity contribution >= 4 is 11.0 Å². The Morgan fingerprint density at radius 3 is 1.64 bits per heavy atom. The summed E-state index contributed by atoms with van der Waals surface area (Å²) in [6, 6.07) is 31.5. The van der Waals surface area contributed by atoms with Gasteiger partial charge in [-0.05, 0) is 35.4 Å². The highest BCUT2D eigenvalue weighted by Crippen LogP contribution is 2.30. The Bertz CT molecular complexity index is 1620. The van der Waals surface area contributed by atoms with Crippen molar-refractivity contribution in [3.8, 4) is 35.2 Å². The monoisotopic (exact) mass is 518 g/mol. The average molecular weight is 519 g/mol. The van der Waals surface area contributed by atoms with Gasteiger partial charge in [0.15, 0.2) is 0 Å². The van der Waals surface area contributed by atoms with Gasteiger partial charge < -0.3 is 19.3 Å². The van der Waals surface area contributed by atoms with E-state index in [0.29, 0.717) is 22.5 Å². The van der Waals surface area contributed by atoms with Crippen LogP contribution in [-0.2, 0) is 13.2 Å². The van der Waals surface area contributed by atoms with E-state index in [-0.39, 0.29) is 37.0 Å². The number of nitrogens with zero attached hydrogens (tertiary/aromatic N) is 6. The lowest BCUT2D eigenvalue weighted by molar-refractivity contribution is 0.241. The largest absolute Gasteiger partial charge is 0.505 e. The van der Waals surface area contributed by atoms with Crippen LogP contribution in [-0.4, -0.2) is 35.1 Å². The smallest absolute Gasteiger partial charge is 0.331 e. The number of aromatic hydroxyl groups is 1. The maximum atomic E-state index is 10.7. The minimum Gasteiger partial charge on any atom is -0.505 e. The summed E-state index contributed by atoms with van der Waals surface area (Å²) in [6.07, 6.45) is 0. The first-order chi connectivity index (χ1) is 19.2. The average Bonchev–Trinajstić information content (AvgIpc) is 3.40. The summed E-state index contributed by atoms with van der Waals surface area (Å²) in [7, 11) is 0. The van der Waals surface area contributed by atoms with Gasteiger partial charge in [-0.25, -0.2) is 0 Å². The molecule has 0 aliphatic rings. The molecule has 0 saturated heterocycles. The summed E-state index contributed by atoms with van der Waals surface area (Å²) in [5.41, 5.74) is 3.73. The summed E-state index contributed by atoms with van der Waals surface area (Å²) in [4.78, 5) is 14.2. The van der Waals surface area contributed by atoms with Crippen molar-refractivity contribution < 1.29 is 19.3 Å². The third kappa shape index (κ3) is 5.75. The first-order valence-corrected chi connectivity index (χ1v) is 12.1. The summed E-state index contributed by atoms with van der Waals surface area (Å²) in [6.45, 7) is 0.506. The van der Waals surface area contributed by atoms with E-state index in [1.54, 1.807) is 12.1 Å². The number of aromatic nitrogens is 6. The van der Waals surface area contributed by atoms with Crippen LogP contribution in [0.1, 0.15) is 11.1 Å². The van der Waals surface area contributed by atoms with E-state index >= 15 is 0 Å². The van der Waals surface area contributed by atoms with Gasteiger partial charge in [0.05, 0.1) is 0 Å². The molecule has 0 fully saturated rings. The van der Waals surface area contributed by atoms with Crippen LogP contribution in [0.2, 0.25) is 0 Å². The second kappa shape index (κ2) is 10.9. The summed E-state index contributed by atoms with van der Waals surface area (Å²) in [5.74, 6) is 0.213. The van der Waals surface area contributed by atoms with E-state index in [4.69, 9.17) is 14.2 Å². The molecule has 0 radical (unpaired) electrons. The number of phenols is 1. The van der Waals surface area contributed by atoms with Crippen LogP contribution < -0.4 is 14.2 Å². The molecular weight excluding hydrogens is 496 g/mol. The van der Waals surface area contributed by atoms with Gasteiger partial charge >= 0.3 is 18.0 Å². The van der Waals surface area contributed by atoms with Crippen LogP contribution in [0.4, 0.5) is 0 Å². The van der Waals surface area contributed by atoms with Crippen molar-refractivity contribution in [3.05, 3.63) is 114 Å². The molecule has 10 nitrogen and oxygen atoms in total. The van der Waals surface area contributed by atoms with Crippen molar-refractivity contribution in [1.29, 1.82) is 0 Å². The third-order valence-electron chi connectivity index (χ3n) is 5.65. The molecule has 192 valence electrons. The molecule has 39 heavy (non-hydrogen) atoms. The van der Waals surface area contributed by atoms with Gasteiger partial charge in [0, 0.05) is 6.07 Å². The van der Waals surface area contributed by atoms with E-state index in [1.165, 1.54) is 10.9 Å². The molecule has 0 saturated carbocycles. The van der Waals surface area contributed by atoms with Crippen molar-refractivity contribution in [2.24, 2.45) is 0 Å². The fraction of sp³-hybridized carbons (Fsp3) is 0.0690. The van der Waals surface area contributed by atoms with Crippen molar-refractivity contribution in [1.82, 2.24) is 29.9 Å². The second-order valence-corrected chi connectivity index (χ2v) is 8.46. The number of benzene rings is 4. The number of rotatable bonds is 9. The zero-order chi connectivity index (χ0) is 26.4. The molecule has 0 atom stereocenters. The Hall–Kier alpha value is -5.51. The maximum absolute atomic E-state index is 10.7. The summed E-state index contributed by atoms with van der Waals surface area (Å²) >= 11 is 0. The van der Waals surface area contributed by atoms with Crippen molar-refractivity contribution in [2.75, 3.05) is 0 Å². The molecule has 2 heterocycles. The Labute approximate surface area is 223 Å². The number of fused-ring (bicyclic) bond motifs is 1. The zero-order valence-corrected chi connectivity index (χ0v) is 20.6. The molecule has 0 aliphatic carbocycles. The predicted octanol–water partition coefficient (Wildman–Crippen LogP) is 5.26. The lowest BCUT2D eigenvalue weighted by atomic mass is 10.2. The zero-order valence-electron chi connectivity index (χ0n) is 20.6. The predicted molar refractivity (Wildman–Crippen MR) is 142 cm³/mol. The first kappa shape index (κ1) is 23.9. The molecule has 10 heteroatoms. The van der Waals surface area contributed by atoms with Gasteiger partial charge in [0.1, 0.15) is 41.4 Å². The number of hydrogen-bond acceptors (Lipinski definition) is 9. The number of hydrogen-bond donors (Lipinski definition) is 1. The summed E-state index contributed by atoms with van der Waals surface area (Å²) in [5, 5.41) is 19.5.